The van der Waals surface area contributed by atoms with Gasteiger partial charge in [-0.3, -0.25) is 14.4 Å². The van der Waals surface area contributed by atoms with Crippen molar-refractivity contribution < 1.29 is 14.4 Å². The van der Waals surface area contributed by atoms with E-state index < -0.39 is 23.8 Å². The molecule has 0 spiro atoms. The fourth-order valence-corrected chi connectivity index (χ4v) is 4.16. The van der Waals surface area contributed by atoms with Gasteiger partial charge in [0.1, 0.15) is 0 Å². The van der Waals surface area contributed by atoms with Crippen LogP contribution in [-0.4, -0.2) is 23.6 Å². The Morgan fingerprint density at radius 3 is 2.38 bits per heavy atom. The number of Topliss-reactive ketones (excluding diaryl/α,β-unsaturated/α-hetero) is 1. The first-order chi connectivity index (χ1) is 14.1. The summed E-state index contributed by atoms with van der Waals surface area (Å²) in [6.07, 6.45) is 0.388. The molecule has 29 heavy (non-hydrogen) atoms. The highest BCUT2D eigenvalue weighted by atomic mass is 32.1. The summed E-state index contributed by atoms with van der Waals surface area (Å²) in [4.78, 5) is 38.5. The molecule has 4 rings (SSSR count). The quantitative estimate of drug-likeness (QED) is 0.621. The molecule has 146 valence electrons. The fourth-order valence-electron chi connectivity index (χ4n) is 3.43. The van der Waals surface area contributed by atoms with Crippen LogP contribution in [0.2, 0.25) is 0 Å². The number of rotatable bonds is 6. The van der Waals surface area contributed by atoms with Crippen LogP contribution in [0.15, 0.2) is 72.1 Å². The number of hydrogen-bond acceptors (Lipinski definition) is 4. The van der Waals surface area contributed by atoms with Gasteiger partial charge in [0.2, 0.25) is 11.8 Å². The second-order valence-electron chi connectivity index (χ2n) is 6.98. The lowest BCUT2D eigenvalue weighted by Crippen LogP contribution is -2.37. The van der Waals surface area contributed by atoms with E-state index in [0.29, 0.717) is 6.42 Å². The molecule has 1 saturated heterocycles. The Labute approximate surface area is 172 Å². The van der Waals surface area contributed by atoms with Gasteiger partial charge in [-0.25, -0.2) is 0 Å². The smallest absolute Gasteiger partial charge is 0.240 e. The van der Waals surface area contributed by atoms with Crippen molar-refractivity contribution in [2.75, 3.05) is 0 Å². The Morgan fingerprint density at radius 1 is 0.931 bits per heavy atom. The Hall–Kier alpha value is -3.25. The zero-order valence-corrected chi connectivity index (χ0v) is 16.4. The van der Waals surface area contributed by atoms with Crippen LogP contribution in [0.1, 0.15) is 11.1 Å². The highest BCUT2D eigenvalue weighted by Crippen LogP contribution is 2.24. The molecule has 6 heteroatoms. The summed E-state index contributed by atoms with van der Waals surface area (Å²) in [6, 6.07) is 20.7. The third kappa shape index (κ3) is 4.27. The Kier molecular flexibility index (Phi) is 5.53. The molecule has 3 aromatic rings. The van der Waals surface area contributed by atoms with E-state index in [1.807, 2.05) is 66.0 Å². The van der Waals surface area contributed by atoms with Gasteiger partial charge in [-0.2, -0.15) is 0 Å². The van der Waals surface area contributed by atoms with E-state index in [9.17, 15) is 14.4 Å². The summed E-state index contributed by atoms with van der Waals surface area (Å²) in [5.41, 5.74) is 2.97. The van der Waals surface area contributed by atoms with Crippen LogP contribution in [0.25, 0.3) is 10.4 Å². The summed E-state index contributed by atoms with van der Waals surface area (Å²) < 4.78 is 0. The van der Waals surface area contributed by atoms with Crippen molar-refractivity contribution in [3.63, 3.8) is 0 Å². The summed E-state index contributed by atoms with van der Waals surface area (Å²) in [6.45, 7) is 0.268. The van der Waals surface area contributed by atoms with Crippen molar-refractivity contribution in [1.82, 2.24) is 10.6 Å². The third-order valence-electron chi connectivity index (χ3n) is 4.98. The zero-order valence-electron chi connectivity index (χ0n) is 15.6. The van der Waals surface area contributed by atoms with Gasteiger partial charge in [0.15, 0.2) is 11.7 Å². The van der Waals surface area contributed by atoms with E-state index >= 15 is 0 Å². The average Bonchev–Trinajstić information content (AvgIpc) is 3.36. The molecule has 2 N–H and O–H groups in total. The third-order valence-corrected chi connectivity index (χ3v) is 5.90. The van der Waals surface area contributed by atoms with Gasteiger partial charge in [-0.1, -0.05) is 60.7 Å². The minimum Gasteiger partial charge on any atom is -0.351 e. The number of carbonyl (C=O) groups excluding carboxylic acids is 3. The minimum absolute atomic E-state index is 0.268. The van der Waals surface area contributed by atoms with E-state index in [4.69, 9.17) is 0 Å². The normalized spacial score (nSPS) is 18.5. The molecule has 1 aliphatic heterocycles. The maximum absolute atomic E-state index is 12.6. The Balaban J connectivity index is 1.35. The number of amides is 2. The van der Waals surface area contributed by atoms with Gasteiger partial charge < -0.3 is 10.6 Å². The molecule has 2 atom stereocenters. The van der Waals surface area contributed by atoms with Crippen LogP contribution in [0.3, 0.4) is 0 Å². The number of thiophene rings is 1. The van der Waals surface area contributed by atoms with Gasteiger partial charge >= 0.3 is 0 Å². The summed E-state index contributed by atoms with van der Waals surface area (Å²) in [7, 11) is 0. The van der Waals surface area contributed by atoms with E-state index in [0.717, 1.165) is 16.7 Å². The second-order valence-corrected chi connectivity index (χ2v) is 7.93. The lowest BCUT2D eigenvalue weighted by Gasteiger charge is -2.10. The van der Waals surface area contributed by atoms with Crippen LogP contribution in [0, 0.1) is 5.92 Å². The number of benzene rings is 2. The van der Waals surface area contributed by atoms with Crippen LogP contribution in [-0.2, 0) is 27.3 Å². The topological polar surface area (TPSA) is 75.3 Å². The first-order valence-electron chi connectivity index (χ1n) is 9.40. The Bertz CT molecular complexity index is 1010. The summed E-state index contributed by atoms with van der Waals surface area (Å²) in [5, 5.41) is 7.40. The molecular weight excluding hydrogens is 384 g/mol. The van der Waals surface area contributed by atoms with Crippen molar-refractivity contribution in [2.24, 2.45) is 5.92 Å². The van der Waals surface area contributed by atoms with Crippen LogP contribution in [0.5, 0.6) is 0 Å². The zero-order chi connectivity index (χ0) is 20.2. The second kappa shape index (κ2) is 8.41. The number of nitrogens with one attached hydrogen (secondary N) is 2. The van der Waals surface area contributed by atoms with Crippen molar-refractivity contribution in [3.8, 4) is 10.4 Å². The van der Waals surface area contributed by atoms with Gasteiger partial charge in [0.25, 0.3) is 0 Å². The fraction of sp³-hybridized carbons (Fsp3) is 0.174. The van der Waals surface area contributed by atoms with Crippen molar-refractivity contribution >= 4 is 28.9 Å². The minimum atomic E-state index is -1.28. The van der Waals surface area contributed by atoms with Gasteiger partial charge in [-0.05, 0) is 34.6 Å². The van der Waals surface area contributed by atoms with Gasteiger partial charge in [0, 0.05) is 11.4 Å². The first kappa shape index (κ1) is 19.1. The lowest BCUT2D eigenvalue weighted by molar-refractivity contribution is -0.137. The maximum Gasteiger partial charge on any atom is 0.240 e. The molecule has 2 aromatic carbocycles. The highest BCUT2D eigenvalue weighted by molar-refractivity contribution is 7.13. The molecule has 1 aromatic heterocycles. The molecule has 2 amide bonds. The standard InChI is InChI=1S/C23H20N2O3S/c26-21-18(13-15-5-2-1-3-6-15)25-23(28)20(21)22(27)24-14-16-8-10-17(11-9-16)19-7-4-12-29-19/h1-12,18,20H,13-14H2,(H,24,27)(H,25,28). The van der Waals surface area contributed by atoms with E-state index in [2.05, 4.69) is 16.7 Å². The van der Waals surface area contributed by atoms with Crippen LogP contribution in [0.4, 0.5) is 0 Å². The van der Waals surface area contributed by atoms with E-state index in [1.165, 1.54) is 4.88 Å². The molecule has 1 fully saturated rings. The molecule has 5 nitrogen and oxygen atoms in total. The predicted octanol–water partition coefficient (Wildman–Crippen LogP) is 2.96. The van der Waals surface area contributed by atoms with Gasteiger partial charge in [-0.15, -0.1) is 11.3 Å². The van der Waals surface area contributed by atoms with E-state index in [-0.39, 0.29) is 12.3 Å². The van der Waals surface area contributed by atoms with Gasteiger partial charge in [0.05, 0.1) is 6.04 Å². The number of ketones is 1. The number of carbonyl (C=O) groups is 3. The molecule has 2 unspecified atom stereocenters. The molecule has 0 bridgehead atoms. The molecule has 0 aliphatic carbocycles. The summed E-state index contributed by atoms with van der Waals surface area (Å²) in [5.74, 6) is -2.73. The monoisotopic (exact) mass is 404 g/mol. The first-order valence-corrected chi connectivity index (χ1v) is 10.3. The van der Waals surface area contributed by atoms with E-state index in [1.54, 1.807) is 11.3 Å². The lowest BCUT2D eigenvalue weighted by atomic mass is 9.97. The highest BCUT2D eigenvalue weighted by Gasteiger charge is 2.45. The number of hydrogen-bond donors (Lipinski definition) is 2. The predicted molar refractivity (Wildman–Crippen MR) is 112 cm³/mol. The molecule has 2 heterocycles. The van der Waals surface area contributed by atoms with Crippen LogP contribution < -0.4 is 10.6 Å². The SMILES string of the molecule is O=C(NCc1ccc(-c2cccs2)cc1)C1C(=O)NC(Cc2ccccc2)C1=O. The molecule has 0 radical (unpaired) electrons. The van der Waals surface area contributed by atoms with Crippen LogP contribution >= 0.6 is 11.3 Å². The largest absolute Gasteiger partial charge is 0.351 e. The molecule has 0 saturated carbocycles. The average molecular weight is 404 g/mol. The summed E-state index contributed by atoms with van der Waals surface area (Å²) >= 11 is 1.67. The van der Waals surface area contributed by atoms with Crippen molar-refractivity contribution in [2.45, 2.75) is 19.0 Å². The van der Waals surface area contributed by atoms with Crippen molar-refractivity contribution in [1.29, 1.82) is 0 Å². The van der Waals surface area contributed by atoms with Crippen molar-refractivity contribution in [3.05, 3.63) is 83.2 Å². The molecular formula is C23H20N2O3S. The molecule has 1 aliphatic rings. The maximum atomic E-state index is 12.6. The Morgan fingerprint density at radius 2 is 1.69 bits per heavy atom.